The van der Waals surface area contributed by atoms with Crippen molar-refractivity contribution in [1.29, 1.82) is 0 Å². The zero-order valence-electron chi connectivity index (χ0n) is 9.75. The molecule has 0 spiro atoms. The second kappa shape index (κ2) is 14.3. The predicted molar refractivity (Wildman–Crippen MR) is 67.3 cm³/mol. The molecule has 0 fully saturated rings. The fourth-order valence-electron chi connectivity index (χ4n) is 1.43. The molecule has 15 heavy (non-hydrogen) atoms. The SMILES string of the molecule is OCCCCCCOCCCCCC[S]. The van der Waals surface area contributed by atoms with Crippen molar-refractivity contribution in [2.45, 2.75) is 51.4 Å². The van der Waals surface area contributed by atoms with E-state index in [9.17, 15) is 0 Å². The van der Waals surface area contributed by atoms with Crippen molar-refractivity contribution >= 4 is 12.6 Å². The van der Waals surface area contributed by atoms with Crippen LogP contribution in [-0.4, -0.2) is 30.7 Å². The van der Waals surface area contributed by atoms with E-state index in [1.54, 1.807) is 0 Å². The maximum absolute atomic E-state index is 8.57. The Kier molecular flexibility index (Phi) is 14.5. The van der Waals surface area contributed by atoms with Crippen LogP contribution in [0.3, 0.4) is 0 Å². The van der Waals surface area contributed by atoms with Crippen molar-refractivity contribution in [3.63, 3.8) is 0 Å². The largest absolute Gasteiger partial charge is 0.396 e. The maximum Gasteiger partial charge on any atom is 0.0466 e. The number of rotatable bonds is 12. The first-order valence-electron chi connectivity index (χ1n) is 6.18. The molecule has 0 aromatic carbocycles. The minimum Gasteiger partial charge on any atom is -0.396 e. The number of unbranched alkanes of at least 4 members (excludes halogenated alkanes) is 6. The number of aliphatic hydroxyl groups is 1. The highest BCUT2D eigenvalue weighted by Gasteiger charge is 1.92. The third kappa shape index (κ3) is 14.3. The molecule has 0 atom stereocenters. The number of ether oxygens (including phenoxy) is 1. The van der Waals surface area contributed by atoms with Crippen molar-refractivity contribution in [3.05, 3.63) is 0 Å². The molecule has 0 aromatic rings. The molecule has 3 heteroatoms. The van der Waals surface area contributed by atoms with Gasteiger partial charge < -0.3 is 9.84 Å². The summed E-state index contributed by atoms with van der Waals surface area (Å²) in [5.74, 6) is 0.895. The fourth-order valence-corrected chi connectivity index (χ4v) is 1.64. The van der Waals surface area contributed by atoms with E-state index in [4.69, 9.17) is 22.5 Å². The van der Waals surface area contributed by atoms with Crippen LogP contribution in [0, 0.1) is 0 Å². The van der Waals surface area contributed by atoms with Crippen molar-refractivity contribution in [3.8, 4) is 0 Å². The molecule has 0 aliphatic carbocycles. The third-order valence-electron chi connectivity index (χ3n) is 2.38. The summed E-state index contributed by atoms with van der Waals surface area (Å²) in [5.41, 5.74) is 0. The van der Waals surface area contributed by atoms with E-state index in [1.165, 1.54) is 32.1 Å². The summed E-state index contributed by atoms with van der Waals surface area (Å²) >= 11 is 4.87. The molecule has 0 aromatic heterocycles. The first-order chi connectivity index (χ1) is 7.41. The molecule has 0 unspecified atom stereocenters. The van der Waals surface area contributed by atoms with Crippen LogP contribution >= 0.6 is 12.6 Å². The van der Waals surface area contributed by atoms with E-state index < -0.39 is 0 Å². The van der Waals surface area contributed by atoms with Crippen LogP contribution in [0.15, 0.2) is 0 Å². The zero-order chi connectivity index (χ0) is 11.2. The Balaban J connectivity index is 2.81. The normalized spacial score (nSPS) is 10.8. The molecular weight excluding hydrogens is 208 g/mol. The fraction of sp³-hybridized carbons (Fsp3) is 1.00. The summed E-state index contributed by atoms with van der Waals surface area (Å²) in [6, 6.07) is 0. The van der Waals surface area contributed by atoms with Gasteiger partial charge >= 0.3 is 0 Å². The van der Waals surface area contributed by atoms with Crippen LogP contribution in [0.1, 0.15) is 51.4 Å². The first kappa shape index (κ1) is 15.3. The number of aliphatic hydroxyl groups excluding tert-OH is 1. The Morgan fingerprint density at radius 3 is 1.80 bits per heavy atom. The van der Waals surface area contributed by atoms with Crippen LogP contribution in [0.4, 0.5) is 0 Å². The Labute approximate surface area is 99.8 Å². The predicted octanol–water partition coefficient (Wildman–Crippen LogP) is 3.31. The molecule has 0 rings (SSSR count). The lowest BCUT2D eigenvalue weighted by Crippen LogP contribution is -1.97. The molecule has 0 aliphatic heterocycles. The van der Waals surface area contributed by atoms with Crippen LogP contribution in [0.5, 0.6) is 0 Å². The van der Waals surface area contributed by atoms with Gasteiger partial charge in [-0.15, -0.1) is 0 Å². The number of hydrogen-bond donors (Lipinski definition) is 1. The highest BCUT2D eigenvalue weighted by molar-refractivity contribution is 7.80. The number of hydrogen-bond acceptors (Lipinski definition) is 2. The molecule has 1 radical (unpaired) electrons. The molecule has 0 bridgehead atoms. The second-order valence-electron chi connectivity index (χ2n) is 3.87. The van der Waals surface area contributed by atoms with Gasteiger partial charge in [0.1, 0.15) is 0 Å². The van der Waals surface area contributed by atoms with Gasteiger partial charge in [0.05, 0.1) is 0 Å². The van der Waals surface area contributed by atoms with Crippen molar-refractivity contribution in [2.75, 3.05) is 25.6 Å². The smallest absolute Gasteiger partial charge is 0.0466 e. The molecular formula is C12H25O2S. The molecule has 2 nitrogen and oxygen atoms in total. The van der Waals surface area contributed by atoms with Gasteiger partial charge in [0.15, 0.2) is 0 Å². The van der Waals surface area contributed by atoms with Gasteiger partial charge in [0.25, 0.3) is 0 Å². The van der Waals surface area contributed by atoms with Crippen LogP contribution in [-0.2, 0) is 4.74 Å². The first-order valence-corrected chi connectivity index (χ1v) is 6.76. The molecule has 0 amide bonds. The average molecular weight is 233 g/mol. The van der Waals surface area contributed by atoms with Gasteiger partial charge in [-0.3, -0.25) is 0 Å². The summed E-state index contributed by atoms with van der Waals surface area (Å²) in [6.45, 7) is 2.10. The topological polar surface area (TPSA) is 29.5 Å². The zero-order valence-corrected chi connectivity index (χ0v) is 10.6. The van der Waals surface area contributed by atoms with E-state index >= 15 is 0 Å². The lowest BCUT2D eigenvalue weighted by molar-refractivity contribution is 0.125. The van der Waals surface area contributed by atoms with Crippen LogP contribution in [0.25, 0.3) is 0 Å². The monoisotopic (exact) mass is 233 g/mol. The van der Waals surface area contributed by atoms with Gasteiger partial charge in [-0.2, -0.15) is 0 Å². The lowest BCUT2D eigenvalue weighted by atomic mass is 10.2. The summed E-state index contributed by atoms with van der Waals surface area (Å²) in [7, 11) is 0. The lowest BCUT2D eigenvalue weighted by Gasteiger charge is -2.03. The minimum atomic E-state index is 0.323. The highest BCUT2D eigenvalue weighted by Crippen LogP contribution is 2.02. The van der Waals surface area contributed by atoms with Crippen molar-refractivity contribution in [1.82, 2.24) is 0 Å². The third-order valence-corrected chi connectivity index (χ3v) is 2.67. The van der Waals surface area contributed by atoms with Gasteiger partial charge in [-0.1, -0.05) is 38.3 Å². The van der Waals surface area contributed by atoms with Crippen molar-refractivity contribution < 1.29 is 9.84 Å². The Hall–Kier alpha value is 0.270. The van der Waals surface area contributed by atoms with E-state index in [0.29, 0.717) is 6.61 Å². The van der Waals surface area contributed by atoms with Crippen molar-refractivity contribution in [2.24, 2.45) is 0 Å². The highest BCUT2D eigenvalue weighted by atomic mass is 32.1. The molecule has 91 valence electrons. The average Bonchev–Trinajstić information content (AvgIpc) is 2.26. The van der Waals surface area contributed by atoms with E-state index in [-0.39, 0.29) is 0 Å². The van der Waals surface area contributed by atoms with E-state index in [1.807, 2.05) is 0 Å². The van der Waals surface area contributed by atoms with Crippen LogP contribution < -0.4 is 0 Å². The van der Waals surface area contributed by atoms with E-state index in [2.05, 4.69) is 0 Å². The summed E-state index contributed by atoms with van der Waals surface area (Å²) in [4.78, 5) is 0. The van der Waals surface area contributed by atoms with E-state index in [0.717, 1.165) is 38.2 Å². The molecule has 1 N–H and O–H groups in total. The molecule has 0 saturated carbocycles. The molecule has 0 heterocycles. The Morgan fingerprint density at radius 1 is 0.733 bits per heavy atom. The summed E-state index contributed by atoms with van der Waals surface area (Å²) in [5, 5.41) is 8.57. The second-order valence-corrected chi connectivity index (χ2v) is 4.28. The van der Waals surface area contributed by atoms with Crippen LogP contribution in [0.2, 0.25) is 0 Å². The standard InChI is InChI=1S/C12H25O2S/c13-9-5-1-2-6-10-14-11-7-3-4-8-12-15/h13H,1-12H2. The van der Waals surface area contributed by atoms with Gasteiger partial charge in [-0.25, -0.2) is 0 Å². The molecule has 0 aliphatic rings. The van der Waals surface area contributed by atoms with Gasteiger partial charge in [-0.05, 0) is 25.7 Å². The Bertz CT molecular complexity index is 97.8. The molecule has 0 saturated heterocycles. The van der Waals surface area contributed by atoms with Gasteiger partial charge in [0.2, 0.25) is 0 Å². The summed E-state index contributed by atoms with van der Waals surface area (Å²) in [6.07, 6.45) is 9.22. The summed E-state index contributed by atoms with van der Waals surface area (Å²) < 4.78 is 5.51. The quantitative estimate of drug-likeness (QED) is 0.524. The maximum atomic E-state index is 8.57. The minimum absolute atomic E-state index is 0.323. The Morgan fingerprint density at radius 2 is 1.27 bits per heavy atom. The van der Waals surface area contributed by atoms with Gasteiger partial charge in [0, 0.05) is 25.6 Å².